The first-order valence-corrected chi connectivity index (χ1v) is 14.6. The Hall–Kier alpha value is -3.68. The summed E-state index contributed by atoms with van der Waals surface area (Å²) in [6.45, 7) is 1.05. The second-order valence-electron chi connectivity index (χ2n) is 9.78. The van der Waals surface area contributed by atoms with Crippen LogP contribution in [0.15, 0.2) is 107 Å². The molecule has 0 aromatic heterocycles. The number of aromatic hydroxyl groups is 1. The van der Waals surface area contributed by atoms with Gasteiger partial charge in [0.1, 0.15) is 22.8 Å². The highest BCUT2D eigenvalue weighted by Gasteiger charge is 2.20. The summed E-state index contributed by atoms with van der Waals surface area (Å²) in [6.07, 6.45) is 6.46. The molecule has 224 valence electrons. The molecule has 0 bridgehead atoms. The summed E-state index contributed by atoms with van der Waals surface area (Å²) in [5.74, 6) is 0.187. The quantitative estimate of drug-likeness (QED) is 0.136. The van der Waals surface area contributed by atoms with E-state index in [1.54, 1.807) is 12.1 Å². The van der Waals surface area contributed by atoms with Crippen LogP contribution in [0.5, 0.6) is 17.2 Å². The zero-order valence-electron chi connectivity index (χ0n) is 24.5. The maximum absolute atomic E-state index is 12.3. The number of phenolic OH excluding ortho intramolecular Hbond substituents is 1. The molecule has 1 aliphatic heterocycles. The van der Waals surface area contributed by atoms with Crippen LogP contribution in [0.3, 0.4) is 0 Å². The van der Waals surface area contributed by atoms with Crippen LogP contribution < -0.4 is 9.47 Å². The van der Waals surface area contributed by atoms with Crippen LogP contribution in [0, 0.1) is 0 Å². The molecule has 8 heteroatoms. The zero-order valence-corrected chi connectivity index (χ0v) is 26.9. The number of halogens is 2. The van der Waals surface area contributed by atoms with Gasteiger partial charge < -0.3 is 19.5 Å². The maximum atomic E-state index is 12.3. The van der Waals surface area contributed by atoms with E-state index in [0.29, 0.717) is 5.75 Å². The first-order valence-electron chi connectivity index (χ1n) is 13.4. The van der Waals surface area contributed by atoms with Gasteiger partial charge in [-0.25, -0.2) is 0 Å². The van der Waals surface area contributed by atoms with Crippen LogP contribution in [0.1, 0.15) is 33.5 Å². The molecule has 0 amide bonds. The lowest BCUT2D eigenvalue weighted by atomic mass is 9.96. The van der Waals surface area contributed by atoms with Gasteiger partial charge in [-0.15, -0.1) is 12.4 Å². The van der Waals surface area contributed by atoms with Gasteiger partial charge in [-0.05, 0) is 73.1 Å². The van der Waals surface area contributed by atoms with Crippen molar-refractivity contribution in [1.29, 1.82) is 0 Å². The highest BCUT2D eigenvalue weighted by atomic mass is 35.5. The molecule has 0 unspecified atom stereocenters. The molecule has 1 N–H and O–H groups in total. The van der Waals surface area contributed by atoms with E-state index < -0.39 is 0 Å². The van der Waals surface area contributed by atoms with E-state index in [2.05, 4.69) is 61.5 Å². The van der Waals surface area contributed by atoms with Crippen molar-refractivity contribution in [3.8, 4) is 17.2 Å². The molecule has 0 radical (unpaired) electrons. The summed E-state index contributed by atoms with van der Waals surface area (Å²) in [4.78, 5) is 17.1. The van der Waals surface area contributed by atoms with E-state index >= 15 is 0 Å². The largest absolute Gasteiger partial charge is 0.507 e. The average molecular weight is 637 g/mol. The SMILES string of the molecule is CN(C)CCC=C1c2ccccc2Sc2ccc(Cl)cc21.COc1cc(O)c(C(=O)C=Cc2ccccc2)c(OC)c1.Cl. The predicted octanol–water partition coefficient (Wildman–Crippen LogP) is 8.92. The number of hydrogen-bond acceptors (Lipinski definition) is 6. The molecule has 4 aromatic carbocycles. The van der Waals surface area contributed by atoms with Crippen LogP contribution in [-0.4, -0.2) is 50.6 Å². The van der Waals surface area contributed by atoms with E-state index in [1.165, 1.54) is 52.9 Å². The number of hydrogen-bond donors (Lipinski definition) is 1. The Bertz CT molecular complexity index is 1600. The van der Waals surface area contributed by atoms with Crippen LogP contribution in [0.25, 0.3) is 11.6 Å². The lowest BCUT2D eigenvalue weighted by Gasteiger charge is -2.22. The molecule has 0 atom stereocenters. The summed E-state index contributed by atoms with van der Waals surface area (Å²) in [7, 11) is 7.12. The van der Waals surface area contributed by atoms with Gasteiger partial charge in [-0.1, -0.05) is 84.0 Å². The van der Waals surface area contributed by atoms with Gasteiger partial charge in [0.05, 0.1) is 14.2 Å². The topological polar surface area (TPSA) is 59.0 Å². The Labute approximate surface area is 269 Å². The van der Waals surface area contributed by atoms with E-state index in [4.69, 9.17) is 21.1 Å². The minimum absolute atomic E-state index is 0. The van der Waals surface area contributed by atoms with Crippen LogP contribution in [0.4, 0.5) is 0 Å². The molecule has 5 nitrogen and oxygen atoms in total. The number of allylic oxidation sites excluding steroid dienone is 1. The van der Waals surface area contributed by atoms with E-state index in [0.717, 1.165) is 23.6 Å². The van der Waals surface area contributed by atoms with Crippen molar-refractivity contribution in [2.75, 3.05) is 34.9 Å². The number of carbonyl (C=O) groups is 1. The lowest BCUT2D eigenvalue weighted by Crippen LogP contribution is -2.12. The molecule has 5 rings (SSSR count). The fourth-order valence-electron chi connectivity index (χ4n) is 4.45. The van der Waals surface area contributed by atoms with Crippen LogP contribution in [-0.2, 0) is 0 Å². The van der Waals surface area contributed by atoms with Gasteiger partial charge in [0.15, 0.2) is 5.78 Å². The maximum Gasteiger partial charge on any atom is 0.193 e. The molecule has 4 aromatic rings. The number of methoxy groups -OCH3 is 2. The number of ketones is 1. The van der Waals surface area contributed by atoms with Gasteiger partial charge >= 0.3 is 0 Å². The van der Waals surface area contributed by atoms with Gasteiger partial charge in [0.2, 0.25) is 0 Å². The highest BCUT2D eigenvalue weighted by Crippen LogP contribution is 2.46. The van der Waals surface area contributed by atoms with Crippen molar-refractivity contribution in [3.63, 3.8) is 0 Å². The monoisotopic (exact) mass is 635 g/mol. The van der Waals surface area contributed by atoms with Crippen molar-refractivity contribution in [1.82, 2.24) is 4.90 Å². The Kier molecular flexibility index (Phi) is 12.8. The number of phenols is 1. The van der Waals surface area contributed by atoms with Crippen molar-refractivity contribution < 1.29 is 19.4 Å². The first kappa shape index (κ1) is 33.8. The molecule has 0 aliphatic carbocycles. The molecular weight excluding hydrogens is 601 g/mol. The van der Waals surface area contributed by atoms with Crippen molar-refractivity contribution >= 4 is 53.2 Å². The van der Waals surface area contributed by atoms with Crippen molar-refractivity contribution in [2.24, 2.45) is 0 Å². The first-order chi connectivity index (χ1) is 20.3. The molecule has 0 saturated heterocycles. The average Bonchev–Trinajstić information content (AvgIpc) is 3.00. The van der Waals surface area contributed by atoms with Crippen LogP contribution in [0.2, 0.25) is 5.02 Å². The number of carbonyl (C=O) groups excluding carboxylic acids is 1. The number of benzene rings is 4. The third-order valence-electron chi connectivity index (χ3n) is 6.54. The fraction of sp³-hybridized carbons (Fsp3) is 0.171. The minimum Gasteiger partial charge on any atom is -0.507 e. The Morgan fingerprint density at radius 3 is 2.30 bits per heavy atom. The van der Waals surface area contributed by atoms with Crippen molar-refractivity contribution in [2.45, 2.75) is 16.2 Å². The second-order valence-corrected chi connectivity index (χ2v) is 11.3. The Morgan fingerprint density at radius 1 is 0.907 bits per heavy atom. The highest BCUT2D eigenvalue weighted by molar-refractivity contribution is 7.99. The smallest absolute Gasteiger partial charge is 0.193 e. The van der Waals surface area contributed by atoms with E-state index in [1.807, 2.05) is 48.2 Å². The van der Waals surface area contributed by atoms with E-state index in [9.17, 15) is 9.90 Å². The van der Waals surface area contributed by atoms with Gasteiger partial charge in [-0.2, -0.15) is 0 Å². The molecule has 1 heterocycles. The van der Waals surface area contributed by atoms with Crippen LogP contribution >= 0.6 is 35.8 Å². The standard InChI is InChI=1S/C18H18ClNS.C17H16O4.ClH/c1-20(2)11-5-7-14-15-6-3-4-8-17(15)21-18-10-9-13(19)12-16(14)18;1-20-13-10-15(19)17(16(11-13)21-2)14(18)9-8-12-6-4-3-5-7-12;/h3-4,6-10,12H,5,11H2,1-2H3;3-11,19H,1-2H3;1H. The summed E-state index contributed by atoms with van der Waals surface area (Å²) in [5, 5.41) is 10.8. The number of fused-ring (bicyclic) bond motifs is 2. The molecule has 0 spiro atoms. The fourth-order valence-corrected chi connectivity index (χ4v) is 5.71. The van der Waals surface area contributed by atoms with Gasteiger partial charge in [-0.3, -0.25) is 4.79 Å². The lowest BCUT2D eigenvalue weighted by molar-refractivity contribution is 0.104. The molecular formula is C35H35Cl2NO4S. The summed E-state index contributed by atoms with van der Waals surface area (Å²) >= 11 is 8.03. The van der Waals surface area contributed by atoms with E-state index in [-0.39, 0.29) is 35.3 Å². The number of rotatable bonds is 8. The second kappa shape index (κ2) is 16.2. The normalized spacial score (nSPS) is 12.6. The molecule has 0 saturated carbocycles. The summed E-state index contributed by atoms with van der Waals surface area (Å²) in [6, 6.07) is 27.2. The number of nitrogens with zero attached hydrogens (tertiary/aromatic N) is 1. The molecule has 0 fully saturated rings. The Balaban J connectivity index is 0.000000230. The third-order valence-corrected chi connectivity index (χ3v) is 7.92. The molecule has 43 heavy (non-hydrogen) atoms. The summed E-state index contributed by atoms with van der Waals surface area (Å²) in [5.41, 5.74) is 4.90. The molecule has 1 aliphatic rings. The third kappa shape index (κ3) is 8.91. The zero-order chi connectivity index (χ0) is 30.1. The summed E-state index contributed by atoms with van der Waals surface area (Å²) < 4.78 is 10.2. The number of ether oxygens (including phenoxy) is 2. The Morgan fingerprint density at radius 2 is 1.60 bits per heavy atom. The van der Waals surface area contributed by atoms with Gasteiger partial charge in [0.25, 0.3) is 0 Å². The van der Waals surface area contributed by atoms with Gasteiger partial charge in [0, 0.05) is 33.5 Å². The minimum atomic E-state index is -0.337. The predicted molar refractivity (Wildman–Crippen MR) is 181 cm³/mol. The van der Waals surface area contributed by atoms with Crippen molar-refractivity contribution in [3.05, 3.63) is 124 Å².